The highest BCUT2D eigenvalue weighted by molar-refractivity contribution is 9.09. The van der Waals surface area contributed by atoms with E-state index in [0.29, 0.717) is 11.1 Å². The Morgan fingerprint density at radius 3 is 2.28 bits per heavy atom. The maximum Gasteiger partial charge on any atom is 0.356 e. The third-order valence-corrected chi connectivity index (χ3v) is 8.96. The predicted molar refractivity (Wildman–Crippen MR) is 145 cm³/mol. The molecule has 0 aliphatic carbocycles. The molecule has 1 unspecified atom stereocenters. The number of carbonyl (C=O) groups excluding carboxylic acids is 3. The Labute approximate surface area is 225 Å². The van der Waals surface area contributed by atoms with Crippen LogP contribution in [0.15, 0.2) is 89.4 Å². The van der Waals surface area contributed by atoms with E-state index < -0.39 is 18.1 Å². The molecule has 2 aliphatic rings. The lowest BCUT2D eigenvalue weighted by molar-refractivity contribution is -0.154. The third kappa shape index (κ3) is 5.00. The summed E-state index contributed by atoms with van der Waals surface area (Å²) < 4.78 is 6.07. The zero-order valence-corrected chi connectivity index (χ0v) is 22.4. The van der Waals surface area contributed by atoms with E-state index in [2.05, 4.69) is 21.2 Å². The van der Waals surface area contributed by atoms with Crippen LogP contribution in [-0.2, 0) is 25.5 Å². The molecule has 2 aliphatic heterocycles. The van der Waals surface area contributed by atoms with E-state index >= 15 is 0 Å². The average molecular weight is 584 g/mol. The van der Waals surface area contributed by atoms with Gasteiger partial charge in [-0.15, -0.1) is 23.1 Å². The Balaban J connectivity index is 1.36. The Kier molecular flexibility index (Phi) is 7.59. The number of nitrogens with one attached hydrogen (secondary N) is 1. The van der Waals surface area contributed by atoms with E-state index in [4.69, 9.17) is 4.74 Å². The normalized spacial score (nSPS) is 19.1. The number of benzene rings is 2. The number of amides is 2. The highest BCUT2D eigenvalue weighted by Gasteiger charge is 2.54. The summed E-state index contributed by atoms with van der Waals surface area (Å²) in [4.78, 5) is 41.7. The minimum Gasteiger partial charge on any atom is -0.448 e. The molecule has 0 radical (unpaired) electrons. The van der Waals surface area contributed by atoms with Crippen LogP contribution in [0, 0.1) is 0 Å². The summed E-state index contributed by atoms with van der Waals surface area (Å²) in [5.74, 6) is -0.496. The van der Waals surface area contributed by atoms with Crippen LogP contribution in [0.5, 0.6) is 0 Å². The van der Waals surface area contributed by atoms with Crippen molar-refractivity contribution in [1.82, 2.24) is 10.2 Å². The predicted octanol–water partition coefficient (Wildman–Crippen LogP) is 4.67. The van der Waals surface area contributed by atoms with Crippen molar-refractivity contribution in [2.75, 3.05) is 11.1 Å². The largest absolute Gasteiger partial charge is 0.448 e. The molecule has 36 heavy (non-hydrogen) atoms. The molecule has 5 rings (SSSR count). The number of thioether (sulfide) groups is 1. The number of carbonyl (C=O) groups is 3. The van der Waals surface area contributed by atoms with Gasteiger partial charge in [-0.2, -0.15) is 0 Å². The number of nitrogens with zero attached hydrogens (tertiary/aromatic N) is 1. The molecule has 1 N–H and O–H groups in total. The van der Waals surface area contributed by atoms with Gasteiger partial charge in [-0.05, 0) is 28.1 Å². The summed E-state index contributed by atoms with van der Waals surface area (Å²) in [6, 6.07) is 22.2. The number of β-lactam (4-membered cyclic amide) rings is 1. The van der Waals surface area contributed by atoms with Gasteiger partial charge in [0, 0.05) is 16.0 Å². The van der Waals surface area contributed by atoms with Crippen LogP contribution in [0.2, 0.25) is 0 Å². The van der Waals surface area contributed by atoms with Crippen molar-refractivity contribution >= 4 is 56.8 Å². The van der Waals surface area contributed by atoms with Crippen LogP contribution < -0.4 is 5.32 Å². The van der Waals surface area contributed by atoms with E-state index in [1.165, 1.54) is 28.0 Å². The molecule has 1 fully saturated rings. The fourth-order valence-corrected chi connectivity index (χ4v) is 7.09. The van der Waals surface area contributed by atoms with Crippen molar-refractivity contribution in [3.63, 3.8) is 0 Å². The molecule has 2 amide bonds. The molecule has 0 saturated carbocycles. The van der Waals surface area contributed by atoms with E-state index in [-0.39, 0.29) is 29.3 Å². The van der Waals surface area contributed by atoms with E-state index in [9.17, 15) is 14.4 Å². The van der Waals surface area contributed by atoms with Gasteiger partial charge in [0.1, 0.15) is 17.1 Å². The van der Waals surface area contributed by atoms with Crippen molar-refractivity contribution < 1.29 is 19.1 Å². The SMILES string of the molecule is O=C(Cc1cccs1)NC1C(=O)N2C(C(=O)OC(c3ccccc3)c3ccccc3)=C(CBr)CS[C@@H]12. The summed E-state index contributed by atoms with van der Waals surface area (Å²) in [7, 11) is 0. The molecule has 3 heterocycles. The quantitative estimate of drug-likeness (QED) is 0.237. The topological polar surface area (TPSA) is 75.7 Å². The van der Waals surface area contributed by atoms with Crippen LogP contribution in [0.4, 0.5) is 0 Å². The second kappa shape index (κ2) is 11.0. The molecule has 6 nitrogen and oxygen atoms in total. The molecule has 2 atom stereocenters. The molecular weight excluding hydrogens is 560 g/mol. The molecule has 1 aromatic heterocycles. The van der Waals surface area contributed by atoms with Gasteiger partial charge in [0.15, 0.2) is 6.10 Å². The van der Waals surface area contributed by atoms with Gasteiger partial charge < -0.3 is 10.1 Å². The number of fused-ring (bicyclic) bond motifs is 1. The minimum absolute atomic E-state index is 0.205. The van der Waals surface area contributed by atoms with E-state index in [1.54, 1.807) is 0 Å². The maximum atomic E-state index is 13.6. The molecule has 1 saturated heterocycles. The average Bonchev–Trinajstić information content (AvgIpc) is 3.43. The highest BCUT2D eigenvalue weighted by atomic mass is 79.9. The number of hydrogen-bond acceptors (Lipinski definition) is 6. The zero-order chi connectivity index (χ0) is 25.1. The lowest BCUT2D eigenvalue weighted by Gasteiger charge is -2.49. The molecule has 9 heteroatoms. The van der Waals surface area contributed by atoms with Crippen molar-refractivity contribution in [3.05, 3.63) is 105 Å². The summed E-state index contributed by atoms with van der Waals surface area (Å²) in [6.45, 7) is 0. The monoisotopic (exact) mass is 582 g/mol. The van der Waals surface area contributed by atoms with Crippen molar-refractivity contribution in [3.8, 4) is 0 Å². The Morgan fingerprint density at radius 1 is 1.03 bits per heavy atom. The van der Waals surface area contributed by atoms with E-state index in [0.717, 1.165) is 21.6 Å². The molecular formula is C27H23BrN2O4S2. The first kappa shape index (κ1) is 24.8. The number of ether oxygens (including phenoxy) is 1. The number of thiophene rings is 1. The van der Waals surface area contributed by atoms with Gasteiger partial charge >= 0.3 is 5.97 Å². The number of alkyl halides is 1. The maximum absolute atomic E-state index is 13.6. The third-order valence-electron chi connectivity index (χ3n) is 6.06. The fourth-order valence-electron chi connectivity index (χ4n) is 4.32. The van der Waals surface area contributed by atoms with Gasteiger partial charge in [-0.25, -0.2) is 4.79 Å². The van der Waals surface area contributed by atoms with Gasteiger partial charge in [0.05, 0.1) is 6.42 Å². The summed E-state index contributed by atoms with van der Waals surface area (Å²) >= 11 is 6.51. The molecule has 2 aromatic carbocycles. The first-order valence-electron chi connectivity index (χ1n) is 11.4. The number of hydrogen-bond donors (Lipinski definition) is 1. The summed E-state index contributed by atoms with van der Waals surface area (Å²) in [5, 5.41) is 4.87. The lowest BCUT2D eigenvalue weighted by atomic mass is 10.0. The number of rotatable bonds is 8. The van der Waals surface area contributed by atoms with Crippen molar-refractivity contribution in [2.24, 2.45) is 0 Å². The van der Waals surface area contributed by atoms with Crippen LogP contribution in [0.25, 0.3) is 0 Å². The Morgan fingerprint density at radius 2 is 1.69 bits per heavy atom. The second-order valence-electron chi connectivity index (χ2n) is 8.40. The van der Waals surface area contributed by atoms with Gasteiger partial charge in [0.25, 0.3) is 5.91 Å². The Hall–Kier alpha value is -2.88. The second-order valence-corrected chi connectivity index (χ2v) is 11.1. The minimum atomic E-state index is -0.666. The van der Waals surface area contributed by atoms with Gasteiger partial charge in [0.2, 0.25) is 5.91 Å². The first-order chi connectivity index (χ1) is 17.6. The fraction of sp³-hybridized carbons (Fsp3) is 0.222. The number of halogens is 1. The molecule has 184 valence electrons. The molecule has 3 aromatic rings. The summed E-state index contributed by atoms with van der Waals surface area (Å²) in [5.41, 5.74) is 2.74. The van der Waals surface area contributed by atoms with Crippen LogP contribution >= 0.6 is 39.0 Å². The molecule has 0 bridgehead atoms. The Bertz CT molecular complexity index is 1240. The van der Waals surface area contributed by atoms with Gasteiger partial charge in [-0.1, -0.05) is 82.7 Å². The van der Waals surface area contributed by atoms with E-state index in [1.807, 2.05) is 78.2 Å². The van der Waals surface area contributed by atoms with Crippen LogP contribution in [0.3, 0.4) is 0 Å². The van der Waals surface area contributed by atoms with Gasteiger partial charge in [-0.3, -0.25) is 14.5 Å². The standard InChI is InChI=1S/C27H23BrN2O4S2/c28-15-19-16-36-26-22(29-21(31)14-20-12-7-13-35-20)25(32)30(26)23(19)27(33)34-24(17-8-3-1-4-9-17)18-10-5-2-6-11-18/h1-13,22,24,26H,14-16H2,(H,29,31)/t22?,26-/m0/s1. The molecule has 0 spiro atoms. The lowest BCUT2D eigenvalue weighted by Crippen LogP contribution is -2.70. The smallest absolute Gasteiger partial charge is 0.356 e. The highest BCUT2D eigenvalue weighted by Crippen LogP contribution is 2.42. The van der Waals surface area contributed by atoms with Crippen LogP contribution in [0.1, 0.15) is 22.1 Å². The number of esters is 1. The first-order valence-corrected chi connectivity index (χ1v) is 14.5. The van der Waals surface area contributed by atoms with Crippen LogP contribution in [-0.4, -0.2) is 45.2 Å². The summed E-state index contributed by atoms with van der Waals surface area (Å²) in [6.07, 6.45) is -0.388. The van der Waals surface area contributed by atoms with Crippen molar-refractivity contribution in [1.29, 1.82) is 0 Å². The zero-order valence-electron chi connectivity index (χ0n) is 19.1. The van der Waals surface area contributed by atoms with Crippen molar-refractivity contribution in [2.45, 2.75) is 23.9 Å².